The van der Waals surface area contributed by atoms with Crippen molar-refractivity contribution in [3.63, 3.8) is 0 Å². The molecule has 0 spiro atoms. The molecule has 2 aromatic rings. The van der Waals surface area contributed by atoms with Gasteiger partial charge in [0.2, 0.25) is 17.7 Å². The van der Waals surface area contributed by atoms with Crippen molar-refractivity contribution in [1.82, 2.24) is 16.0 Å². The maximum Gasteiger partial charge on any atom is 0.247 e. The third-order valence-electron chi connectivity index (χ3n) is 5.79. The second kappa shape index (κ2) is 12.7. The number of nitrogens with one attached hydrogen (secondary N) is 3. The lowest BCUT2D eigenvalue weighted by Gasteiger charge is -2.32. The SMILES string of the molecule is CC(C)CC1NC(=O)C(NC(=O)/C=C/c2ccccc2)C(C(C)C)Oc2ccc(cc2)/C=C\NC1=O. The Labute approximate surface area is 213 Å². The maximum absolute atomic E-state index is 13.6. The van der Waals surface area contributed by atoms with Crippen molar-refractivity contribution in [3.05, 3.63) is 78.0 Å². The number of carbonyl (C=O) groups excluding carboxylic acids is 3. The molecular weight excluding hydrogens is 454 g/mol. The largest absolute Gasteiger partial charge is 0.487 e. The van der Waals surface area contributed by atoms with Gasteiger partial charge in [-0.3, -0.25) is 14.4 Å². The van der Waals surface area contributed by atoms with E-state index in [-0.39, 0.29) is 17.7 Å². The molecule has 36 heavy (non-hydrogen) atoms. The molecule has 0 saturated heterocycles. The van der Waals surface area contributed by atoms with Gasteiger partial charge in [-0.1, -0.05) is 70.2 Å². The molecule has 0 aromatic heterocycles. The Kier molecular flexibility index (Phi) is 9.45. The number of amides is 3. The van der Waals surface area contributed by atoms with Crippen molar-refractivity contribution in [1.29, 1.82) is 0 Å². The van der Waals surface area contributed by atoms with Gasteiger partial charge in [-0.15, -0.1) is 0 Å². The minimum absolute atomic E-state index is 0.121. The number of ether oxygens (including phenoxy) is 1. The zero-order valence-corrected chi connectivity index (χ0v) is 21.2. The Morgan fingerprint density at radius 1 is 1.00 bits per heavy atom. The average molecular weight is 490 g/mol. The van der Waals surface area contributed by atoms with Crippen LogP contribution in [-0.2, 0) is 14.4 Å². The molecule has 2 aliphatic heterocycles. The van der Waals surface area contributed by atoms with Gasteiger partial charge in [-0.05, 0) is 53.7 Å². The van der Waals surface area contributed by atoms with Crippen molar-refractivity contribution in [2.75, 3.05) is 0 Å². The lowest BCUT2D eigenvalue weighted by Crippen LogP contribution is -2.59. The summed E-state index contributed by atoms with van der Waals surface area (Å²) >= 11 is 0. The summed E-state index contributed by atoms with van der Waals surface area (Å²) in [5.74, 6) is -0.611. The van der Waals surface area contributed by atoms with E-state index in [1.807, 2.05) is 70.2 Å². The van der Waals surface area contributed by atoms with Crippen molar-refractivity contribution >= 4 is 29.9 Å². The summed E-state index contributed by atoms with van der Waals surface area (Å²) in [5.41, 5.74) is 1.75. The van der Waals surface area contributed by atoms with Crippen molar-refractivity contribution in [2.45, 2.75) is 52.3 Å². The second-order valence-electron chi connectivity index (χ2n) is 9.66. The van der Waals surface area contributed by atoms with Crippen LogP contribution in [0.2, 0.25) is 0 Å². The monoisotopic (exact) mass is 489 g/mol. The average Bonchev–Trinajstić information content (AvgIpc) is 2.85. The maximum atomic E-state index is 13.6. The summed E-state index contributed by atoms with van der Waals surface area (Å²) < 4.78 is 6.24. The molecule has 0 fully saturated rings. The Bertz CT molecular complexity index is 1090. The second-order valence-corrected chi connectivity index (χ2v) is 9.66. The summed E-state index contributed by atoms with van der Waals surface area (Å²) in [5, 5.41) is 8.44. The van der Waals surface area contributed by atoms with Crippen LogP contribution in [0.5, 0.6) is 5.75 Å². The van der Waals surface area contributed by atoms with Crippen LogP contribution in [0.25, 0.3) is 12.2 Å². The van der Waals surface area contributed by atoms with Crippen LogP contribution in [0, 0.1) is 11.8 Å². The fraction of sp³-hybridized carbons (Fsp3) is 0.345. The predicted octanol–water partition coefficient (Wildman–Crippen LogP) is 3.92. The number of carbonyl (C=O) groups is 3. The fourth-order valence-corrected chi connectivity index (χ4v) is 3.92. The third kappa shape index (κ3) is 7.83. The van der Waals surface area contributed by atoms with Crippen LogP contribution >= 0.6 is 0 Å². The third-order valence-corrected chi connectivity index (χ3v) is 5.79. The molecule has 4 rings (SSSR count). The van der Waals surface area contributed by atoms with Crippen LogP contribution in [-0.4, -0.2) is 35.9 Å². The van der Waals surface area contributed by atoms with Crippen molar-refractivity contribution in [3.8, 4) is 5.75 Å². The van der Waals surface area contributed by atoms with Gasteiger partial charge < -0.3 is 20.7 Å². The molecule has 190 valence electrons. The van der Waals surface area contributed by atoms with E-state index in [2.05, 4.69) is 16.0 Å². The number of rotatable bonds is 6. The Morgan fingerprint density at radius 2 is 1.69 bits per heavy atom. The Balaban J connectivity index is 1.94. The first-order valence-corrected chi connectivity index (χ1v) is 12.3. The normalized spacial score (nSPS) is 21.6. The highest BCUT2D eigenvalue weighted by molar-refractivity contribution is 5.97. The smallest absolute Gasteiger partial charge is 0.247 e. The Morgan fingerprint density at radius 3 is 2.33 bits per heavy atom. The number of fused-ring (bicyclic) bond motifs is 10. The van der Waals surface area contributed by atoms with Gasteiger partial charge in [0.25, 0.3) is 0 Å². The zero-order chi connectivity index (χ0) is 26.1. The van der Waals surface area contributed by atoms with E-state index in [4.69, 9.17) is 4.74 Å². The zero-order valence-electron chi connectivity index (χ0n) is 21.2. The molecule has 3 unspecified atom stereocenters. The fourth-order valence-electron chi connectivity index (χ4n) is 3.92. The first kappa shape index (κ1) is 26.7. The van der Waals surface area contributed by atoms with E-state index in [1.165, 1.54) is 6.08 Å². The molecule has 2 heterocycles. The molecule has 7 heteroatoms. The van der Waals surface area contributed by atoms with Gasteiger partial charge in [0.15, 0.2) is 0 Å². The molecule has 3 N–H and O–H groups in total. The van der Waals surface area contributed by atoms with E-state index >= 15 is 0 Å². The summed E-state index contributed by atoms with van der Waals surface area (Å²) in [6, 6.07) is 15.0. The highest BCUT2D eigenvalue weighted by atomic mass is 16.5. The Hall–Kier alpha value is -3.87. The van der Waals surface area contributed by atoms with Crippen LogP contribution in [0.3, 0.4) is 0 Å². The first-order valence-electron chi connectivity index (χ1n) is 12.3. The van der Waals surface area contributed by atoms with Crippen molar-refractivity contribution < 1.29 is 19.1 Å². The van der Waals surface area contributed by atoms with Gasteiger partial charge >= 0.3 is 0 Å². The van der Waals surface area contributed by atoms with Gasteiger partial charge in [-0.2, -0.15) is 0 Å². The molecule has 7 nitrogen and oxygen atoms in total. The summed E-state index contributed by atoms with van der Waals surface area (Å²) in [7, 11) is 0. The van der Waals surface area contributed by atoms with Gasteiger partial charge in [0.1, 0.15) is 23.9 Å². The van der Waals surface area contributed by atoms with Crippen molar-refractivity contribution in [2.24, 2.45) is 11.8 Å². The van der Waals surface area contributed by atoms with Gasteiger partial charge in [-0.25, -0.2) is 0 Å². The number of hydrogen-bond donors (Lipinski definition) is 3. The summed E-state index contributed by atoms with van der Waals surface area (Å²) in [6.07, 6.45) is 6.19. The molecule has 0 radical (unpaired) electrons. The summed E-state index contributed by atoms with van der Waals surface area (Å²) in [4.78, 5) is 39.4. The highest BCUT2D eigenvalue weighted by Crippen LogP contribution is 2.21. The number of hydrogen-bond acceptors (Lipinski definition) is 4. The van der Waals surface area contributed by atoms with Crippen LogP contribution in [0.4, 0.5) is 0 Å². The molecule has 2 aliphatic rings. The molecule has 0 aliphatic carbocycles. The molecule has 2 bridgehead atoms. The first-order chi connectivity index (χ1) is 17.2. The van der Waals surface area contributed by atoms with Gasteiger partial charge in [0.05, 0.1) is 0 Å². The topological polar surface area (TPSA) is 96.5 Å². The highest BCUT2D eigenvalue weighted by Gasteiger charge is 2.36. The lowest BCUT2D eigenvalue weighted by atomic mass is 9.96. The van der Waals surface area contributed by atoms with E-state index in [9.17, 15) is 14.4 Å². The molecule has 3 atom stereocenters. The molecule has 3 amide bonds. The molecule has 0 saturated carbocycles. The number of benzene rings is 2. The molecule has 2 aromatic carbocycles. The summed E-state index contributed by atoms with van der Waals surface area (Å²) in [6.45, 7) is 7.82. The quantitative estimate of drug-likeness (QED) is 0.536. The van der Waals surface area contributed by atoms with Crippen LogP contribution in [0.15, 0.2) is 66.9 Å². The van der Waals surface area contributed by atoms with E-state index in [0.717, 1.165) is 11.1 Å². The molecular formula is C29H35N3O4. The van der Waals surface area contributed by atoms with Crippen LogP contribution in [0.1, 0.15) is 45.2 Å². The minimum Gasteiger partial charge on any atom is -0.487 e. The standard InChI is InChI=1S/C29H35N3O4/c1-19(2)18-24-28(34)30-17-16-22-10-13-23(14-11-22)36-27(20(3)4)26(29(35)31-24)32-25(33)15-12-21-8-6-5-7-9-21/h5-17,19-20,24,26-27H,18H2,1-4H3,(H,30,34)(H,31,35)(H,32,33)/b15-12+,17-16-. The van der Waals surface area contributed by atoms with Crippen LogP contribution < -0.4 is 20.7 Å². The van der Waals surface area contributed by atoms with Gasteiger partial charge in [0, 0.05) is 12.3 Å². The van der Waals surface area contributed by atoms with E-state index < -0.39 is 30.0 Å². The minimum atomic E-state index is -1.03. The van der Waals surface area contributed by atoms with E-state index in [0.29, 0.717) is 12.2 Å². The lowest BCUT2D eigenvalue weighted by molar-refractivity contribution is -0.133. The van der Waals surface area contributed by atoms with E-state index in [1.54, 1.807) is 30.5 Å². The predicted molar refractivity (Wildman–Crippen MR) is 142 cm³/mol.